The minimum Gasteiger partial charge on any atom is -0.444 e. The maximum absolute atomic E-state index is 13.3. The second-order valence-corrected chi connectivity index (χ2v) is 9.59. The van der Waals surface area contributed by atoms with Gasteiger partial charge in [0, 0.05) is 22.7 Å². The zero-order valence-electron chi connectivity index (χ0n) is 17.3. The summed E-state index contributed by atoms with van der Waals surface area (Å²) in [6, 6.07) is 14.1. The number of ether oxygens (including phenoxy) is 1. The molecule has 0 radical (unpaired) electrons. The first-order chi connectivity index (χ1) is 13.6. The molecule has 3 rings (SSSR count). The first-order valence-electron chi connectivity index (χ1n) is 9.77. The minimum absolute atomic E-state index is 0.0236. The van der Waals surface area contributed by atoms with Crippen LogP contribution in [-0.2, 0) is 24.2 Å². The number of amides is 2. The molecular weight excluding hydrogens is 479 g/mol. The zero-order chi connectivity index (χ0) is 21.2. The molecule has 0 fully saturated rings. The molecule has 0 unspecified atom stereocenters. The van der Waals surface area contributed by atoms with Gasteiger partial charge in [-0.25, -0.2) is 4.79 Å². The molecule has 0 spiro atoms. The summed E-state index contributed by atoms with van der Waals surface area (Å²) in [6.45, 7) is 8.50. The molecule has 2 aromatic carbocycles. The zero-order valence-corrected chi connectivity index (χ0v) is 19.4. The molecule has 1 heterocycles. The standard InChI is InChI=1S/C23H27IN2O3/c1-15-11-17-7-5-6-8-18(17)14-26(15)21(27)19-12-16(9-10-20(19)24)13-25-22(28)29-23(2,3)4/h5-10,12,15H,11,13-14H2,1-4H3,(H,25,28)/t15-/m1/s1. The first kappa shape index (κ1) is 21.6. The van der Waals surface area contributed by atoms with E-state index in [-0.39, 0.29) is 11.9 Å². The van der Waals surface area contributed by atoms with Crippen LogP contribution >= 0.6 is 22.6 Å². The highest BCUT2D eigenvalue weighted by atomic mass is 127. The van der Waals surface area contributed by atoms with E-state index >= 15 is 0 Å². The van der Waals surface area contributed by atoms with E-state index in [1.165, 1.54) is 11.1 Å². The van der Waals surface area contributed by atoms with Crippen LogP contribution in [0.3, 0.4) is 0 Å². The lowest BCUT2D eigenvalue weighted by atomic mass is 9.94. The molecule has 0 saturated heterocycles. The number of fused-ring (bicyclic) bond motifs is 1. The Morgan fingerprint density at radius 2 is 1.86 bits per heavy atom. The topological polar surface area (TPSA) is 58.6 Å². The smallest absolute Gasteiger partial charge is 0.407 e. The second-order valence-electron chi connectivity index (χ2n) is 8.42. The van der Waals surface area contributed by atoms with E-state index in [4.69, 9.17) is 4.74 Å². The Hall–Kier alpha value is -2.09. The molecule has 0 aromatic heterocycles. The van der Waals surface area contributed by atoms with Crippen LogP contribution in [0.4, 0.5) is 4.79 Å². The van der Waals surface area contributed by atoms with Gasteiger partial charge in [0.05, 0.1) is 5.56 Å². The van der Waals surface area contributed by atoms with Crippen molar-refractivity contribution in [2.24, 2.45) is 0 Å². The summed E-state index contributed by atoms with van der Waals surface area (Å²) in [5.74, 6) is 0.0236. The SMILES string of the molecule is C[C@@H]1Cc2ccccc2CN1C(=O)c1cc(CNC(=O)OC(C)(C)C)ccc1I. The number of alkyl carbamates (subject to hydrolysis) is 1. The van der Waals surface area contributed by atoms with Crippen molar-refractivity contribution in [3.8, 4) is 0 Å². The number of carbonyl (C=O) groups is 2. The Labute approximate surface area is 186 Å². The van der Waals surface area contributed by atoms with Gasteiger partial charge in [-0.3, -0.25) is 4.79 Å². The van der Waals surface area contributed by atoms with Crippen molar-refractivity contribution >= 4 is 34.6 Å². The molecule has 1 aliphatic rings. The number of rotatable bonds is 3. The molecule has 1 N–H and O–H groups in total. The van der Waals surface area contributed by atoms with Gasteiger partial charge in [-0.1, -0.05) is 30.3 Å². The summed E-state index contributed by atoms with van der Waals surface area (Å²) in [5.41, 5.74) is 3.51. The van der Waals surface area contributed by atoms with Crippen molar-refractivity contribution in [2.75, 3.05) is 0 Å². The van der Waals surface area contributed by atoms with Crippen molar-refractivity contribution in [1.82, 2.24) is 10.2 Å². The van der Waals surface area contributed by atoms with Crippen LogP contribution in [0.25, 0.3) is 0 Å². The Kier molecular flexibility index (Phi) is 6.51. The van der Waals surface area contributed by atoms with Gasteiger partial charge in [0.15, 0.2) is 0 Å². The highest BCUT2D eigenvalue weighted by Gasteiger charge is 2.28. The number of hydrogen-bond donors (Lipinski definition) is 1. The lowest BCUT2D eigenvalue weighted by molar-refractivity contribution is 0.0523. The number of benzene rings is 2. The largest absolute Gasteiger partial charge is 0.444 e. The third-order valence-electron chi connectivity index (χ3n) is 4.86. The Morgan fingerprint density at radius 1 is 1.17 bits per heavy atom. The van der Waals surface area contributed by atoms with E-state index in [1.807, 2.05) is 56.0 Å². The maximum Gasteiger partial charge on any atom is 0.407 e. The summed E-state index contributed by atoms with van der Waals surface area (Å²) in [4.78, 5) is 27.2. The van der Waals surface area contributed by atoms with E-state index in [0.29, 0.717) is 18.7 Å². The van der Waals surface area contributed by atoms with Crippen molar-refractivity contribution < 1.29 is 14.3 Å². The second kappa shape index (κ2) is 8.73. The lowest BCUT2D eigenvalue weighted by Gasteiger charge is -2.35. The summed E-state index contributed by atoms with van der Waals surface area (Å²) in [6.07, 6.45) is 0.392. The average molecular weight is 506 g/mol. The third-order valence-corrected chi connectivity index (χ3v) is 5.80. The number of nitrogens with zero attached hydrogens (tertiary/aromatic N) is 1. The van der Waals surface area contributed by atoms with Crippen molar-refractivity contribution in [3.05, 3.63) is 68.3 Å². The van der Waals surface area contributed by atoms with Crippen molar-refractivity contribution in [3.63, 3.8) is 0 Å². The summed E-state index contributed by atoms with van der Waals surface area (Å²) >= 11 is 2.20. The van der Waals surface area contributed by atoms with E-state index in [9.17, 15) is 9.59 Å². The number of carbonyl (C=O) groups excluding carboxylic acids is 2. The fraction of sp³-hybridized carbons (Fsp3) is 0.391. The molecule has 1 aliphatic heterocycles. The van der Waals surface area contributed by atoms with Gasteiger partial charge in [-0.05, 0) is 85.5 Å². The number of halogens is 1. The molecule has 6 heteroatoms. The quantitative estimate of drug-likeness (QED) is 0.603. The van der Waals surface area contributed by atoms with Crippen LogP contribution in [0, 0.1) is 3.57 Å². The summed E-state index contributed by atoms with van der Waals surface area (Å²) in [7, 11) is 0. The normalized spacial score (nSPS) is 16.2. The molecule has 0 bridgehead atoms. The van der Waals surface area contributed by atoms with Gasteiger partial charge in [0.25, 0.3) is 5.91 Å². The molecule has 5 nitrogen and oxygen atoms in total. The Balaban J connectivity index is 1.74. The van der Waals surface area contributed by atoms with E-state index in [2.05, 4.69) is 47.0 Å². The number of hydrogen-bond acceptors (Lipinski definition) is 3. The maximum atomic E-state index is 13.3. The molecule has 0 aliphatic carbocycles. The molecule has 2 aromatic rings. The van der Waals surface area contributed by atoms with E-state index in [1.54, 1.807) is 0 Å². The molecule has 2 amide bonds. The fourth-order valence-corrected chi connectivity index (χ4v) is 4.01. The highest BCUT2D eigenvalue weighted by Crippen LogP contribution is 2.26. The van der Waals surface area contributed by atoms with Gasteiger partial charge in [0.1, 0.15) is 5.60 Å². The third kappa shape index (κ3) is 5.50. The molecular formula is C23H27IN2O3. The molecule has 29 heavy (non-hydrogen) atoms. The Morgan fingerprint density at radius 3 is 2.55 bits per heavy atom. The fourth-order valence-electron chi connectivity index (χ4n) is 3.44. The van der Waals surface area contributed by atoms with Gasteiger partial charge in [-0.2, -0.15) is 0 Å². The monoisotopic (exact) mass is 506 g/mol. The van der Waals surface area contributed by atoms with Crippen LogP contribution in [-0.4, -0.2) is 28.5 Å². The summed E-state index contributed by atoms with van der Waals surface area (Å²) in [5, 5.41) is 2.75. The lowest BCUT2D eigenvalue weighted by Crippen LogP contribution is -2.42. The van der Waals surface area contributed by atoms with E-state index in [0.717, 1.165) is 15.6 Å². The van der Waals surface area contributed by atoms with Gasteiger partial charge < -0.3 is 15.0 Å². The number of nitrogens with one attached hydrogen (secondary N) is 1. The highest BCUT2D eigenvalue weighted by molar-refractivity contribution is 14.1. The Bertz CT molecular complexity index is 921. The van der Waals surface area contributed by atoms with Gasteiger partial charge in [-0.15, -0.1) is 0 Å². The first-order valence-corrected chi connectivity index (χ1v) is 10.8. The molecule has 154 valence electrons. The van der Waals surface area contributed by atoms with Crippen LogP contribution in [0.5, 0.6) is 0 Å². The van der Waals surface area contributed by atoms with Crippen LogP contribution in [0.1, 0.15) is 54.7 Å². The molecule has 0 saturated carbocycles. The van der Waals surface area contributed by atoms with Crippen molar-refractivity contribution in [1.29, 1.82) is 0 Å². The van der Waals surface area contributed by atoms with Crippen LogP contribution in [0.15, 0.2) is 42.5 Å². The van der Waals surface area contributed by atoms with Crippen LogP contribution < -0.4 is 5.32 Å². The predicted octanol–water partition coefficient (Wildman–Crippen LogP) is 4.90. The van der Waals surface area contributed by atoms with E-state index < -0.39 is 11.7 Å². The van der Waals surface area contributed by atoms with Gasteiger partial charge in [0.2, 0.25) is 0 Å². The minimum atomic E-state index is -0.544. The van der Waals surface area contributed by atoms with Gasteiger partial charge >= 0.3 is 6.09 Å². The predicted molar refractivity (Wildman–Crippen MR) is 122 cm³/mol. The molecule has 1 atom stereocenters. The van der Waals surface area contributed by atoms with Crippen molar-refractivity contribution in [2.45, 2.75) is 58.8 Å². The average Bonchev–Trinajstić information content (AvgIpc) is 2.65. The summed E-state index contributed by atoms with van der Waals surface area (Å²) < 4.78 is 6.18. The van der Waals surface area contributed by atoms with Crippen LogP contribution in [0.2, 0.25) is 0 Å².